The highest BCUT2D eigenvalue weighted by molar-refractivity contribution is 7.99. The molecule has 0 amide bonds. The zero-order valence-corrected chi connectivity index (χ0v) is 14.1. The Morgan fingerprint density at radius 1 is 1.16 bits per heavy atom. The molecule has 1 unspecified atom stereocenters. The summed E-state index contributed by atoms with van der Waals surface area (Å²) in [6, 6.07) is 6.41. The fraction of sp³-hybridized carbons (Fsp3) is 0.312. The first-order valence-electron chi connectivity index (χ1n) is 7.52. The number of hydrogen-bond acceptors (Lipinski definition) is 6. The van der Waals surface area contributed by atoms with Gasteiger partial charge in [0.15, 0.2) is 17.6 Å². The number of hydrogen-bond donors (Lipinski definition) is 0. The van der Waals surface area contributed by atoms with E-state index in [1.165, 1.54) is 12.1 Å². The van der Waals surface area contributed by atoms with Gasteiger partial charge in [-0.15, -0.1) is 11.8 Å². The van der Waals surface area contributed by atoms with E-state index in [2.05, 4.69) is 15.0 Å². The highest BCUT2D eigenvalue weighted by atomic mass is 32.2. The minimum absolute atomic E-state index is 0.162. The predicted octanol–water partition coefficient (Wildman–Crippen LogP) is 2.33. The van der Waals surface area contributed by atoms with Gasteiger partial charge in [-0.3, -0.25) is 0 Å². The Bertz CT molecular complexity index is 842. The number of alkyl halides is 3. The van der Waals surface area contributed by atoms with E-state index >= 15 is 0 Å². The maximum atomic E-state index is 12.2. The highest BCUT2D eigenvalue weighted by Crippen LogP contribution is 2.28. The third kappa shape index (κ3) is 4.41. The molecule has 0 saturated carbocycles. The molecule has 25 heavy (non-hydrogen) atoms. The van der Waals surface area contributed by atoms with Crippen LogP contribution in [-0.4, -0.2) is 34.0 Å². The molecule has 132 valence electrons. The van der Waals surface area contributed by atoms with Gasteiger partial charge in [-0.25, -0.2) is 15.0 Å². The molecule has 2 aromatic rings. The molecule has 3 rings (SSSR count). The molecule has 0 N–H and O–H groups in total. The van der Waals surface area contributed by atoms with Crippen LogP contribution in [0.5, 0.6) is 5.75 Å². The topological polar surface area (TPSA) is 50.6 Å². The Morgan fingerprint density at radius 2 is 1.88 bits per heavy atom. The standard InChI is InChI=1S/C16H15F3N4OS/c1-2-25-15-22-14-13(20-7-8-21-14)9-23(15)11-3-5-12(6-4-11)24-10-16(17,18)19/h3-9,15H,2,10H2,1H3. The quantitative estimate of drug-likeness (QED) is 0.811. The van der Waals surface area contributed by atoms with Gasteiger partial charge in [-0.1, -0.05) is 6.92 Å². The molecule has 0 spiro atoms. The van der Waals surface area contributed by atoms with Gasteiger partial charge in [-0.05, 0) is 30.0 Å². The molecule has 1 atom stereocenters. The van der Waals surface area contributed by atoms with Crippen molar-refractivity contribution >= 4 is 23.6 Å². The van der Waals surface area contributed by atoms with Crippen molar-refractivity contribution in [2.24, 2.45) is 4.99 Å². The lowest BCUT2D eigenvalue weighted by atomic mass is 10.3. The summed E-state index contributed by atoms with van der Waals surface area (Å²) < 4.78 is 41.4. The number of benzene rings is 1. The molecule has 0 saturated heterocycles. The van der Waals surface area contributed by atoms with Crippen molar-refractivity contribution in [2.75, 3.05) is 17.3 Å². The van der Waals surface area contributed by atoms with Crippen molar-refractivity contribution in [3.63, 3.8) is 0 Å². The fourth-order valence-corrected chi connectivity index (χ4v) is 3.06. The SMILES string of the molecule is CCSC1N=c2nccnc2=CN1c1ccc(OCC(F)(F)F)cc1. The van der Waals surface area contributed by atoms with Crippen LogP contribution in [0.2, 0.25) is 0 Å². The van der Waals surface area contributed by atoms with Gasteiger partial charge in [0.05, 0.1) is 0 Å². The summed E-state index contributed by atoms with van der Waals surface area (Å²) in [7, 11) is 0. The summed E-state index contributed by atoms with van der Waals surface area (Å²) in [4.78, 5) is 15.0. The maximum Gasteiger partial charge on any atom is 0.422 e. The van der Waals surface area contributed by atoms with Crippen molar-refractivity contribution in [3.05, 3.63) is 47.5 Å². The van der Waals surface area contributed by atoms with Crippen LogP contribution in [0, 0.1) is 0 Å². The number of anilines is 1. The Kier molecular flexibility index (Phi) is 5.12. The number of ether oxygens (including phenoxy) is 1. The molecule has 2 heterocycles. The first-order valence-corrected chi connectivity index (χ1v) is 8.57. The minimum atomic E-state index is -4.36. The molecule has 9 heteroatoms. The van der Waals surface area contributed by atoms with Crippen LogP contribution in [0.3, 0.4) is 0 Å². The smallest absolute Gasteiger partial charge is 0.422 e. The number of rotatable bonds is 5. The van der Waals surface area contributed by atoms with Crippen LogP contribution < -0.4 is 20.5 Å². The second kappa shape index (κ2) is 7.30. The minimum Gasteiger partial charge on any atom is -0.484 e. The van der Waals surface area contributed by atoms with Crippen LogP contribution >= 0.6 is 11.8 Å². The molecule has 0 fully saturated rings. The van der Waals surface area contributed by atoms with E-state index in [-0.39, 0.29) is 11.2 Å². The summed E-state index contributed by atoms with van der Waals surface area (Å²) in [5, 5.41) is 0.646. The average Bonchev–Trinajstić information content (AvgIpc) is 2.59. The summed E-state index contributed by atoms with van der Waals surface area (Å²) in [6.45, 7) is 0.716. The van der Waals surface area contributed by atoms with Gasteiger partial charge in [-0.2, -0.15) is 13.2 Å². The van der Waals surface area contributed by atoms with E-state index in [4.69, 9.17) is 4.74 Å². The van der Waals surface area contributed by atoms with Crippen LogP contribution in [0.1, 0.15) is 6.92 Å². The van der Waals surface area contributed by atoms with Crippen LogP contribution in [0.15, 0.2) is 41.7 Å². The Balaban J connectivity index is 1.85. The van der Waals surface area contributed by atoms with Crippen LogP contribution in [0.25, 0.3) is 6.20 Å². The average molecular weight is 368 g/mol. The van der Waals surface area contributed by atoms with Gasteiger partial charge in [0.2, 0.25) is 0 Å². The maximum absolute atomic E-state index is 12.2. The highest BCUT2D eigenvalue weighted by Gasteiger charge is 2.28. The zero-order chi connectivity index (χ0) is 17.9. The number of thioether (sulfide) groups is 1. The second-order valence-electron chi connectivity index (χ2n) is 5.11. The molecule has 0 radical (unpaired) electrons. The van der Waals surface area contributed by atoms with E-state index < -0.39 is 12.8 Å². The predicted molar refractivity (Wildman–Crippen MR) is 89.7 cm³/mol. The van der Waals surface area contributed by atoms with Crippen molar-refractivity contribution in [3.8, 4) is 5.75 Å². The first kappa shape index (κ1) is 17.5. The lowest BCUT2D eigenvalue weighted by molar-refractivity contribution is -0.153. The lowest BCUT2D eigenvalue weighted by Crippen LogP contribution is -2.43. The number of fused-ring (bicyclic) bond motifs is 1. The van der Waals surface area contributed by atoms with Gasteiger partial charge in [0.1, 0.15) is 11.1 Å². The summed E-state index contributed by atoms with van der Waals surface area (Å²) in [5.74, 6) is 1.01. The van der Waals surface area contributed by atoms with Crippen molar-refractivity contribution in [1.82, 2.24) is 9.97 Å². The van der Waals surface area contributed by atoms with Gasteiger partial charge < -0.3 is 9.64 Å². The number of aromatic nitrogens is 2. The first-order chi connectivity index (χ1) is 12.0. The molecule has 1 aliphatic heterocycles. The van der Waals surface area contributed by atoms with E-state index in [9.17, 15) is 13.2 Å². The van der Waals surface area contributed by atoms with E-state index in [1.807, 2.05) is 18.0 Å². The Labute approximate surface area is 146 Å². The molecule has 0 aliphatic carbocycles. The Morgan fingerprint density at radius 3 is 2.56 bits per heavy atom. The van der Waals surface area contributed by atoms with E-state index in [0.717, 1.165) is 11.4 Å². The van der Waals surface area contributed by atoms with E-state index in [0.29, 0.717) is 10.8 Å². The largest absolute Gasteiger partial charge is 0.484 e. The molecule has 0 bridgehead atoms. The van der Waals surface area contributed by atoms with Crippen LogP contribution in [0.4, 0.5) is 18.9 Å². The summed E-state index contributed by atoms with van der Waals surface area (Å²) >= 11 is 1.62. The van der Waals surface area contributed by atoms with Crippen molar-refractivity contribution < 1.29 is 17.9 Å². The fourth-order valence-electron chi connectivity index (χ4n) is 2.24. The zero-order valence-electron chi connectivity index (χ0n) is 13.3. The summed E-state index contributed by atoms with van der Waals surface area (Å²) in [6.07, 6.45) is 0.661. The molecule has 5 nitrogen and oxygen atoms in total. The molecule has 1 aromatic heterocycles. The van der Waals surface area contributed by atoms with Gasteiger partial charge in [0, 0.05) is 24.3 Å². The monoisotopic (exact) mass is 368 g/mol. The van der Waals surface area contributed by atoms with Gasteiger partial charge >= 0.3 is 6.18 Å². The van der Waals surface area contributed by atoms with Crippen molar-refractivity contribution in [2.45, 2.75) is 18.6 Å². The molecular formula is C16H15F3N4OS. The van der Waals surface area contributed by atoms with Crippen LogP contribution in [-0.2, 0) is 0 Å². The Hall–Kier alpha value is -2.29. The molecule has 1 aromatic carbocycles. The molecule has 1 aliphatic rings. The molecular weight excluding hydrogens is 353 g/mol. The number of nitrogens with zero attached hydrogens (tertiary/aromatic N) is 4. The third-order valence-electron chi connectivity index (χ3n) is 3.29. The number of halogens is 3. The third-order valence-corrected chi connectivity index (χ3v) is 4.26. The lowest BCUT2D eigenvalue weighted by Gasteiger charge is -2.28. The second-order valence-corrected chi connectivity index (χ2v) is 6.44. The van der Waals surface area contributed by atoms with E-state index in [1.54, 1.807) is 36.3 Å². The van der Waals surface area contributed by atoms with Gasteiger partial charge in [0.25, 0.3) is 0 Å². The normalized spacial score (nSPS) is 16.6. The summed E-state index contributed by atoms with van der Waals surface area (Å²) in [5.41, 5.74) is 1.15. The van der Waals surface area contributed by atoms with Crippen molar-refractivity contribution in [1.29, 1.82) is 0 Å².